The maximum atomic E-state index is 11.6. The first kappa shape index (κ1) is 14.5. The molecule has 7 heteroatoms. The van der Waals surface area contributed by atoms with Gasteiger partial charge in [0.1, 0.15) is 0 Å². The molecule has 0 aliphatic heterocycles. The van der Waals surface area contributed by atoms with Gasteiger partial charge in [0.25, 0.3) is 5.91 Å². The first-order chi connectivity index (χ1) is 9.66. The largest absolute Gasteiger partial charge is 0.353 e. The molecule has 1 fully saturated rings. The van der Waals surface area contributed by atoms with E-state index >= 15 is 0 Å². The van der Waals surface area contributed by atoms with E-state index in [0.717, 1.165) is 12.8 Å². The molecule has 6 nitrogen and oxygen atoms in total. The summed E-state index contributed by atoms with van der Waals surface area (Å²) in [6, 6.07) is 3.55. The number of hydrogen-bond acceptors (Lipinski definition) is 4. The van der Waals surface area contributed by atoms with E-state index in [1.54, 1.807) is 6.07 Å². The number of amides is 3. The molecule has 20 heavy (non-hydrogen) atoms. The zero-order valence-corrected chi connectivity index (χ0v) is 11.8. The highest BCUT2D eigenvalue weighted by molar-refractivity contribution is 7.12. The summed E-state index contributed by atoms with van der Waals surface area (Å²) in [6.45, 7) is 0.697. The number of nitrogens with one attached hydrogen (secondary N) is 3. The summed E-state index contributed by atoms with van der Waals surface area (Å²) in [6.07, 6.45) is 1.84. The highest BCUT2D eigenvalue weighted by Gasteiger charge is 2.29. The molecule has 0 atom stereocenters. The fourth-order valence-electron chi connectivity index (χ4n) is 1.59. The van der Waals surface area contributed by atoms with Crippen molar-refractivity contribution in [1.29, 1.82) is 0 Å². The summed E-state index contributed by atoms with van der Waals surface area (Å²) in [5.41, 5.74) is 0. The van der Waals surface area contributed by atoms with E-state index in [2.05, 4.69) is 16.0 Å². The number of carbonyl (C=O) groups excluding carboxylic acids is 3. The zero-order valence-electron chi connectivity index (χ0n) is 11.0. The van der Waals surface area contributed by atoms with Crippen LogP contribution in [0, 0.1) is 5.92 Å². The predicted octanol–water partition coefficient (Wildman–Crippen LogP) is 0.120. The molecule has 0 radical (unpaired) electrons. The molecule has 1 aliphatic rings. The van der Waals surface area contributed by atoms with Crippen molar-refractivity contribution in [3.8, 4) is 0 Å². The molecule has 3 N–H and O–H groups in total. The monoisotopic (exact) mass is 295 g/mol. The van der Waals surface area contributed by atoms with Gasteiger partial charge in [-0.15, -0.1) is 11.3 Å². The van der Waals surface area contributed by atoms with Crippen LogP contribution < -0.4 is 16.0 Å². The lowest BCUT2D eigenvalue weighted by molar-refractivity contribution is -0.126. The summed E-state index contributed by atoms with van der Waals surface area (Å²) in [4.78, 5) is 35.0. The molecule has 3 amide bonds. The molecule has 0 aromatic carbocycles. The normalized spacial score (nSPS) is 13.6. The van der Waals surface area contributed by atoms with Gasteiger partial charge in [0.15, 0.2) is 0 Å². The molecule has 108 valence electrons. The van der Waals surface area contributed by atoms with Gasteiger partial charge >= 0.3 is 0 Å². The maximum absolute atomic E-state index is 11.6. The number of hydrogen-bond donors (Lipinski definition) is 3. The Kier molecular flexibility index (Phi) is 5.11. The molecule has 2 rings (SSSR count). The molecule has 1 aliphatic carbocycles. The van der Waals surface area contributed by atoms with Crippen molar-refractivity contribution in [3.05, 3.63) is 22.4 Å². The molecule has 1 aromatic heterocycles. The fourth-order valence-corrected chi connectivity index (χ4v) is 2.23. The Morgan fingerprint density at radius 3 is 2.55 bits per heavy atom. The molecule has 0 bridgehead atoms. The van der Waals surface area contributed by atoms with Gasteiger partial charge in [-0.05, 0) is 24.3 Å². The van der Waals surface area contributed by atoms with Crippen molar-refractivity contribution < 1.29 is 14.4 Å². The molecule has 1 saturated carbocycles. The van der Waals surface area contributed by atoms with E-state index < -0.39 is 0 Å². The predicted molar refractivity (Wildman–Crippen MR) is 75.4 cm³/mol. The lowest BCUT2D eigenvalue weighted by Gasteiger charge is -2.07. The van der Waals surface area contributed by atoms with Crippen molar-refractivity contribution in [2.24, 2.45) is 5.92 Å². The Bertz CT molecular complexity index is 483. The van der Waals surface area contributed by atoms with E-state index in [9.17, 15) is 14.4 Å². The van der Waals surface area contributed by atoms with Crippen LogP contribution in [-0.2, 0) is 9.59 Å². The second kappa shape index (κ2) is 7.04. The summed E-state index contributed by atoms with van der Waals surface area (Å²) in [5, 5.41) is 9.75. The van der Waals surface area contributed by atoms with E-state index in [1.165, 1.54) is 11.3 Å². The minimum Gasteiger partial charge on any atom is -0.353 e. The molecule has 0 unspecified atom stereocenters. The molecule has 0 saturated heterocycles. The molecule has 1 heterocycles. The Balaban J connectivity index is 1.53. The lowest BCUT2D eigenvalue weighted by Crippen LogP contribution is -2.40. The van der Waals surface area contributed by atoms with Crippen LogP contribution >= 0.6 is 11.3 Å². The van der Waals surface area contributed by atoms with Crippen LogP contribution in [-0.4, -0.2) is 37.4 Å². The Morgan fingerprint density at radius 1 is 1.15 bits per heavy atom. The first-order valence-corrected chi connectivity index (χ1v) is 7.41. The van der Waals surface area contributed by atoms with Crippen LogP contribution in [0.5, 0.6) is 0 Å². The van der Waals surface area contributed by atoms with Gasteiger partial charge < -0.3 is 16.0 Å². The van der Waals surface area contributed by atoms with Crippen molar-refractivity contribution >= 4 is 29.1 Å². The summed E-state index contributed by atoms with van der Waals surface area (Å²) < 4.78 is 0. The van der Waals surface area contributed by atoms with Crippen molar-refractivity contribution in [2.45, 2.75) is 12.8 Å². The second-order valence-electron chi connectivity index (χ2n) is 4.58. The zero-order chi connectivity index (χ0) is 14.4. The average Bonchev–Trinajstić information content (AvgIpc) is 3.15. The Morgan fingerprint density at radius 2 is 1.90 bits per heavy atom. The smallest absolute Gasteiger partial charge is 0.261 e. The van der Waals surface area contributed by atoms with E-state index in [-0.39, 0.29) is 30.2 Å². The van der Waals surface area contributed by atoms with Crippen LogP contribution in [0.1, 0.15) is 22.5 Å². The Hall–Kier alpha value is -1.89. The maximum Gasteiger partial charge on any atom is 0.261 e. The lowest BCUT2D eigenvalue weighted by atomic mass is 10.4. The van der Waals surface area contributed by atoms with Gasteiger partial charge in [0.2, 0.25) is 11.8 Å². The highest BCUT2D eigenvalue weighted by atomic mass is 32.1. The SMILES string of the molecule is O=C(CNC(=O)C1CC1)NCCNC(=O)c1cccs1. The van der Waals surface area contributed by atoms with Crippen LogP contribution in [0.2, 0.25) is 0 Å². The molecular formula is C13H17N3O3S. The van der Waals surface area contributed by atoms with Gasteiger partial charge in [0.05, 0.1) is 11.4 Å². The quantitative estimate of drug-likeness (QED) is 0.624. The van der Waals surface area contributed by atoms with Crippen LogP contribution in [0.15, 0.2) is 17.5 Å². The van der Waals surface area contributed by atoms with Gasteiger partial charge in [-0.25, -0.2) is 0 Å². The van der Waals surface area contributed by atoms with Crippen molar-refractivity contribution in [3.63, 3.8) is 0 Å². The first-order valence-electron chi connectivity index (χ1n) is 6.53. The van der Waals surface area contributed by atoms with Crippen LogP contribution in [0.4, 0.5) is 0 Å². The standard InChI is InChI=1S/C13H17N3O3S/c17-11(8-16-12(18)9-3-4-9)14-5-6-15-13(19)10-2-1-7-20-10/h1-2,7,9H,3-6,8H2,(H,14,17)(H,15,19)(H,16,18). The fraction of sp³-hybridized carbons (Fsp3) is 0.462. The third-order valence-electron chi connectivity index (χ3n) is 2.85. The van der Waals surface area contributed by atoms with Gasteiger partial charge in [0, 0.05) is 19.0 Å². The molecule has 1 aromatic rings. The number of rotatable bonds is 7. The van der Waals surface area contributed by atoms with E-state index in [4.69, 9.17) is 0 Å². The Labute approximate surface area is 120 Å². The topological polar surface area (TPSA) is 87.3 Å². The summed E-state index contributed by atoms with van der Waals surface area (Å²) in [5.74, 6) is -0.334. The van der Waals surface area contributed by atoms with E-state index in [1.807, 2.05) is 11.4 Å². The summed E-state index contributed by atoms with van der Waals surface area (Å²) in [7, 11) is 0. The highest BCUT2D eigenvalue weighted by Crippen LogP contribution is 2.28. The number of carbonyl (C=O) groups is 3. The van der Waals surface area contributed by atoms with Crippen LogP contribution in [0.25, 0.3) is 0 Å². The minimum absolute atomic E-state index is 0.00575. The van der Waals surface area contributed by atoms with Crippen LogP contribution in [0.3, 0.4) is 0 Å². The van der Waals surface area contributed by atoms with Crippen molar-refractivity contribution in [1.82, 2.24) is 16.0 Å². The molecule has 0 spiro atoms. The number of thiophene rings is 1. The van der Waals surface area contributed by atoms with Crippen molar-refractivity contribution in [2.75, 3.05) is 19.6 Å². The second-order valence-corrected chi connectivity index (χ2v) is 5.52. The van der Waals surface area contributed by atoms with Gasteiger partial charge in [-0.1, -0.05) is 6.07 Å². The van der Waals surface area contributed by atoms with Gasteiger partial charge in [-0.2, -0.15) is 0 Å². The van der Waals surface area contributed by atoms with Gasteiger partial charge in [-0.3, -0.25) is 14.4 Å². The third kappa shape index (κ3) is 4.65. The summed E-state index contributed by atoms with van der Waals surface area (Å²) >= 11 is 1.37. The average molecular weight is 295 g/mol. The third-order valence-corrected chi connectivity index (χ3v) is 3.72. The van der Waals surface area contributed by atoms with E-state index in [0.29, 0.717) is 18.0 Å². The minimum atomic E-state index is -0.246. The molecular weight excluding hydrogens is 278 g/mol.